The second-order valence-corrected chi connectivity index (χ2v) is 11.1. The van der Waals surface area contributed by atoms with Crippen LogP contribution in [0.2, 0.25) is 0 Å². The van der Waals surface area contributed by atoms with Gasteiger partial charge in [-0.15, -0.1) is 0 Å². The maximum atomic E-state index is 13.3. The van der Waals surface area contributed by atoms with Crippen molar-refractivity contribution >= 4 is 47.1 Å². The van der Waals surface area contributed by atoms with Crippen molar-refractivity contribution in [2.24, 2.45) is 0 Å². The molecule has 2 aliphatic rings. The lowest BCUT2D eigenvalue weighted by Gasteiger charge is -2.32. The summed E-state index contributed by atoms with van der Waals surface area (Å²) in [6, 6.07) is 11.0. The smallest absolute Gasteiger partial charge is 0.456 e. The van der Waals surface area contributed by atoms with Crippen molar-refractivity contribution in [3.05, 3.63) is 46.6 Å². The third-order valence-electron chi connectivity index (χ3n) is 7.77. The van der Waals surface area contributed by atoms with Crippen LogP contribution in [0.25, 0.3) is 21.9 Å². The van der Waals surface area contributed by atoms with Crippen LogP contribution in [0.5, 0.6) is 0 Å². The van der Waals surface area contributed by atoms with Crippen LogP contribution >= 0.6 is 0 Å². The standard InChI is InChI=1S/C25H30B2O6/c1-22(2)23(3,4)31-26(30-22)15-10-12-19-18(13-15)21(28)17-11-9-16(14-20(17)29-19)27-32-24(5,6)25(7,8)33-27/h9-14H,1-8H3. The summed E-state index contributed by atoms with van der Waals surface area (Å²) in [7, 11) is -1.06. The van der Waals surface area contributed by atoms with Crippen LogP contribution in [0.4, 0.5) is 0 Å². The SMILES string of the molecule is CC1(C)OB(c2ccc3c(=O)c4cc(B5OC(C)(C)C(C)(C)O5)ccc4oc3c2)OC1(C)C. The molecule has 0 amide bonds. The summed E-state index contributed by atoms with van der Waals surface area (Å²) in [4.78, 5) is 13.3. The number of fused-ring (bicyclic) bond motifs is 2. The van der Waals surface area contributed by atoms with Gasteiger partial charge in [0.2, 0.25) is 5.43 Å². The normalized spacial score (nSPS) is 23.0. The van der Waals surface area contributed by atoms with Gasteiger partial charge in [-0.25, -0.2) is 0 Å². The van der Waals surface area contributed by atoms with Crippen molar-refractivity contribution in [2.75, 3.05) is 0 Å². The predicted molar refractivity (Wildman–Crippen MR) is 131 cm³/mol. The monoisotopic (exact) mass is 448 g/mol. The molecule has 3 aromatic rings. The number of rotatable bonds is 2. The first-order valence-corrected chi connectivity index (χ1v) is 11.4. The molecule has 2 saturated heterocycles. The average Bonchev–Trinajstić information content (AvgIpc) is 3.07. The van der Waals surface area contributed by atoms with Crippen molar-refractivity contribution in [3.8, 4) is 0 Å². The highest BCUT2D eigenvalue weighted by Crippen LogP contribution is 2.37. The lowest BCUT2D eigenvalue weighted by Crippen LogP contribution is -2.41. The molecule has 0 aliphatic carbocycles. The van der Waals surface area contributed by atoms with Crippen molar-refractivity contribution in [1.82, 2.24) is 0 Å². The van der Waals surface area contributed by atoms with Gasteiger partial charge in [-0.1, -0.05) is 12.1 Å². The lowest BCUT2D eigenvalue weighted by atomic mass is 9.78. The Labute approximate surface area is 194 Å². The van der Waals surface area contributed by atoms with Crippen LogP contribution in [0.15, 0.2) is 45.6 Å². The Hall–Kier alpha value is -2.12. The fraction of sp³-hybridized carbons (Fsp3) is 0.480. The minimum Gasteiger partial charge on any atom is -0.456 e. The summed E-state index contributed by atoms with van der Waals surface area (Å²) < 4.78 is 30.7. The zero-order chi connectivity index (χ0) is 24.0. The van der Waals surface area contributed by atoms with E-state index in [0.29, 0.717) is 21.9 Å². The first-order chi connectivity index (χ1) is 15.2. The van der Waals surface area contributed by atoms with Crippen LogP contribution in [0.3, 0.4) is 0 Å². The molecule has 33 heavy (non-hydrogen) atoms. The van der Waals surface area contributed by atoms with Gasteiger partial charge in [0, 0.05) is 0 Å². The molecule has 0 bridgehead atoms. The molecule has 2 aromatic carbocycles. The van der Waals surface area contributed by atoms with Gasteiger partial charge in [0.05, 0.1) is 33.2 Å². The van der Waals surface area contributed by atoms with Crippen LogP contribution in [-0.2, 0) is 18.6 Å². The van der Waals surface area contributed by atoms with Crippen LogP contribution in [-0.4, -0.2) is 36.6 Å². The molecule has 2 aliphatic heterocycles. The third kappa shape index (κ3) is 3.46. The number of hydrogen-bond acceptors (Lipinski definition) is 6. The Morgan fingerprint density at radius 1 is 0.576 bits per heavy atom. The van der Waals surface area contributed by atoms with Crippen molar-refractivity contribution in [2.45, 2.75) is 77.8 Å². The van der Waals surface area contributed by atoms with E-state index >= 15 is 0 Å². The van der Waals surface area contributed by atoms with Crippen molar-refractivity contribution < 1.29 is 23.0 Å². The summed E-state index contributed by atoms with van der Waals surface area (Å²) in [5, 5.41) is 1.01. The van der Waals surface area contributed by atoms with E-state index in [4.69, 9.17) is 23.0 Å². The van der Waals surface area contributed by atoms with Gasteiger partial charge in [-0.3, -0.25) is 4.79 Å². The Morgan fingerprint density at radius 3 is 1.55 bits per heavy atom. The second kappa shape index (κ2) is 6.95. The number of benzene rings is 2. The fourth-order valence-electron chi connectivity index (χ4n) is 4.14. The molecule has 0 radical (unpaired) electrons. The third-order valence-corrected chi connectivity index (χ3v) is 7.77. The maximum absolute atomic E-state index is 13.3. The topological polar surface area (TPSA) is 67.1 Å². The first-order valence-electron chi connectivity index (χ1n) is 11.4. The van der Waals surface area contributed by atoms with E-state index in [1.165, 1.54) is 0 Å². The highest BCUT2D eigenvalue weighted by atomic mass is 16.7. The van der Waals surface area contributed by atoms with Crippen LogP contribution in [0, 0.1) is 0 Å². The van der Waals surface area contributed by atoms with Gasteiger partial charge in [0.15, 0.2) is 0 Å². The summed E-state index contributed by atoms with van der Waals surface area (Å²) in [6.07, 6.45) is 0. The molecular formula is C25H30B2O6. The molecule has 0 unspecified atom stereocenters. The van der Waals surface area contributed by atoms with Gasteiger partial charge in [0.25, 0.3) is 0 Å². The van der Waals surface area contributed by atoms with E-state index in [2.05, 4.69) is 0 Å². The van der Waals surface area contributed by atoms with Crippen molar-refractivity contribution in [1.29, 1.82) is 0 Å². The summed E-state index contributed by atoms with van der Waals surface area (Å²) in [5.74, 6) is 0. The highest BCUT2D eigenvalue weighted by Gasteiger charge is 2.52. The molecule has 5 rings (SSSR count). The van der Waals surface area contributed by atoms with E-state index in [9.17, 15) is 4.79 Å². The lowest BCUT2D eigenvalue weighted by molar-refractivity contribution is 0.00578. The molecule has 3 heterocycles. The molecule has 0 N–H and O–H groups in total. The quantitative estimate of drug-likeness (QED) is 0.442. The Bertz CT molecular complexity index is 1290. The summed E-state index contributed by atoms with van der Waals surface area (Å²) in [5.41, 5.74) is 0.739. The second-order valence-electron chi connectivity index (χ2n) is 11.1. The van der Waals surface area contributed by atoms with E-state index in [0.717, 1.165) is 10.9 Å². The Morgan fingerprint density at radius 2 is 1.03 bits per heavy atom. The molecule has 172 valence electrons. The average molecular weight is 448 g/mol. The zero-order valence-electron chi connectivity index (χ0n) is 20.6. The Balaban J connectivity index is 1.54. The minimum atomic E-state index is -0.541. The van der Waals surface area contributed by atoms with Crippen LogP contribution < -0.4 is 16.4 Å². The fourth-order valence-corrected chi connectivity index (χ4v) is 4.14. The predicted octanol–water partition coefficient (Wildman–Crippen LogP) is 3.54. The first kappa shape index (κ1) is 22.7. The molecule has 6 nitrogen and oxygen atoms in total. The van der Waals surface area contributed by atoms with Crippen LogP contribution in [0.1, 0.15) is 55.4 Å². The molecule has 0 atom stereocenters. The molecular weight excluding hydrogens is 418 g/mol. The summed E-state index contributed by atoms with van der Waals surface area (Å²) >= 11 is 0. The van der Waals surface area contributed by atoms with Gasteiger partial charge in [-0.2, -0.15) is 0 Å². The zero-order valence-corrected chi connectivity index (χ0v) is 20.6. The van der Waals surface area contributed by atoms with Crippen molar-refractivity contribution in [3.63, 3.8) is 0 Å². The van der Waals surface area contributed by atoms with Gasteiger partial charge in [-0.05, 0) is 90.6 Å². The van der Waals surface area contributed by atoms with Gasteiger partial charge >= 0.3 is 14.2 Å². The summed E-state index contributed by atoms with van der Waals surface area (Å²) in [6.45, 7) is 16.1. The number of hydrogen-bond donors (Lipinski definition) is 0. The Kier molecular flexibility index (Phi) is 4.77. The molecule has 8 heteroatoms. The molecule has 2 fully saturated rings. The van der Waals surface area contributed by atoms with E-state index in [1.807, 2.05) is 79.7 Å². The van der Waals surface area contributed by atoms with Gasteiger partial charge in [0.1, 0.15) is 11.2 Å². The largest absolute Gasteiger partial charge is 0.494 e. The van der Waals surface area contributed by atoms with E-state index < -0.39 is 36.6 Å². The molecule has 0 spiro atoms. The van der Waals surface area contributed by atoms with E-state index in [-0.39, 0.29) is 5.43 Å². The molecule has 0 saturated carbocycles. The molecule has 1 aromatic heterocycles. The maximum Gasteiger partial charge on any atom is 0.494 e. The van der Waals surface area contributed by atoms with Gasteiger partial charge < -0.3 is 23.0 Å². The highest BCUT2D eigenvalue weighted by molar-refractivity contribution is 6.63. The van der Waals surface area contributed by atoms with E-state index in [1.54, 1.807) is 12.1 Å². The minimum absolute atomic E-state index is 0.0925.